The Bertz CT molecular complexity index is 403. The largest absolute Gasteiger partial charge is 0.505 e. The number of aliphatic hydroxyl groups is 1. The van der Waals surface area contributed by atoms with Crippen LogP contribution in [0.3, 0.4) is 0 Å². The molecule has 2 rings (SSSR count). The molecule has 0 amide bonds. The number of hydrogen-bond acceptors (Lipinski definition) is 3. The van der Waals surface area contributed by atoms with Crippen LogP contribution in [-0.4, -0.2) is 22.4 Å². The number of halogens is 1. The van der Waals surface area contributed by atoms with Gasteiger partial charge in [-0.2, -0.15) is 0 Å². The van der Waals surface area contributed by atoms with Crippen LogP contribution in [0, 0.1) is 5.82 Å². The predicted octanol–water partition coefficient (Wildman–Crippen LogP) is 2.32. The molecule has 1 aliphatic carbocycles. The van der Waals surface area contributed by atoms with E-state index in [0.29, 0.717) is 6.54 Å². The molecular formula is C14H20FNO2. The van der Waals surface area contributed by atoms with Crippen molar-refractivity contribution in [1.29, 1.82) is 0 Å². The van der Waals surface area contributed by atoms with Crippen LogP contribution in [0.25, 0.3) is 0 Å². The molecule has 1 fully saturated rings. The van der Waals surface area contributed by atoms with Crippen LogP contribution in [0.1, 0.15) is 37.7 Å². The highest BCUT2D eigenvalue weighted by atomic mass is 19.1. The molecule has 0 unspecified atom stereocenters. The summed E-state index contributed by atoms with van der Waals surface area (Å²) < 4.78 is 13.2. The van der Waals surface area contributed by atoms with Crippen LogP contribution < -0.4 is 5.32 Å². The smallest absolute Gasteiger partial charge is 0.165 e. The Morgan fingerprint density at radius 3 is 2.56 bits per heavy atom. The van der Waals surface area contributed by atoms with Crippen molar-refractivity contribution < 1.29 is 14.6 Å². The summed E-state index contributed by atoms with van der Waals surface area (Å²) in [5.41, 5.74) is 0.566. The fraction of sp³-hybridized carbons (Fsp3) is 0.571. The zero-order valence-electron chi connectivity index (χ0n) is 10.5. The second-order valence-corrected chi connectivity index (χ2v) is 5.14. The first-order valence-electron chi connectivity index (χ1n) is 6.48. The summed E-state index contributed by atoms with van der Waals surface area (Å²) in [4.78, 5) is 0. The third-order valence-corrected chi connectivity index (χ3v) is 3.79. The van der Waals surface area contributed by atoms with Crippen molar-refractivity contribution in [2.75, 3.05) is 6.61 Å². The molecular weight excluding hydrogens is 233 g/mol. The quantitative estimate of drug-likeness (QED) is 0.772. The van der Waals surface area contributed by atoms with E-state index in [-0.39, 0.29) is 17.9 Å². The highest BCUT2D eigenvalue weighted by Gasteiger charge is 2.30. The zero-order valence-corrected chi connectivity index (χ0v) is 10.5. The number of hydrogen-bond donors (Lipinski definition) is 3. The first kappa shape index (κ1) is 13.3. The van der Waals surface area contributed by atoms with Gasteiger partial charge in [-0.1, -0.05) is 25.3 Å². The Morgan fingerprint density at radius 2 is 1.94 bits per heavy atom. The van der Waals surface area contributed by atoms with Crippen molar-refractivity contribution in [3.8, 4) is 5.75 Å². The van der Waals surface area contributed by atoms with Gasteiger partial charge in [-0.3, -0.25) is 0 Å². The summed E-state index contributed by atoms with van der Waals surface area (Å²) in [5, 5.41) is 22.0. The van der Waals surface area contributed by atoms with Crippen LogP contribution in [0.4, 0.5) is 4.39 Å². The monoisotopic (exact) mass is 253 g/mol. The van der Waals surface area contributed by atoms with E-state index in [1.807, 2.05) is 0 Å². The van der Waals surface area contributed by atoms with E-state index in [1.54, 1.807) is 6.07 Å². The lowest BCUT2D eigenvalue weighted by Gasteiger charge is -2.36. The van der Waals surface area contributed by atoms with Crippen molar-refractivity contribution in [2.45, 2.75) is 44.2 Å². The van der Waals surface area contributed by atoms with Gasteiger partial charge in [0.1, 0.15) is 0 Å². The Hall–Kier alpha value is -1.13. The lowest BCUT2D eigenvalue weighted by Crippen LogP contribution is -2.49. The molecule has 0 radical (unpaired) electrons. The maximum atomic E-state index is 13.2. The molecule has 3 nitrogen and oxygen atoms in total. The van der Waals surface area contributed by atoms with Gasteiger partial charge >= 0.3 is 0 Å². The molecule has 18 heavy (non-hydrogen) atoms. The number of nitrogens with one attached hydrogen (secondary N) is 1. The fourth-order valence-electron chi connectivity index (χ4n) is 2.57. The van der Waals surface area contributed by atoms with E-state index in [2.05, 4.69) is 5.32 Å². The van der Waals surface area contributed by atoms with Gasteiger partial charge in [-0.05, 0) is 30.5 Å². The van der Waals surface area contributed by atoms with Crippen molar-refractivity contribution in [3.63, 3.8) is 0 Å². The van der Waals surface area contributed by atoms with Crippen LogP contribution in [0.5, 0.6) is 5.75 Å². The maximum Gasteiger partial charge on any atom is 0.165 e. The minimum absolute atomic E-state index is 0.119. The number of benzene rings is 1. The Balaban J connectivity index is 1.98. The number of aliphatic hydroxyl groups excluding tert-OH is 1. The molecule has 0 bridgehead atoms. The second-order valence-electron chi connectivity index (χ2n) is 5.14. The molecule has 0 aliphatic heterocycles. The minimum atomic E-state index is -0.601. The molecule has 1 aromatic carbocycles. The van der Waals surface area contributed by atoms with E-state index in [9.17, 15) is 9.50 Å². The van der Waals surface area contributed by atoms with Gasteiger partial charge in [0.2, 0.25) is 0 Å². The topological polar surface area (TPSA) is 52.5 Å². The van der Waals surface area contributed by atoms with Crippen molar-refractivity contribution in [2.24, 2.45) is 0 Å². The molecule has 100 valence electrons. The molecule has 1 saturated carbocycles. The zero-order chi connectivity index (χ0) is 13.0. The van der Waals surface area contributed by atoms with Gasteiger partial charge in [0.25, 0.3) is 0 Å². The van der Waals surface area contributed by atoms with Gasteiger partial charge in [0.05, 0.1) is 6.61 Å². The average Bonchev–Trinajstić information content (AvgIpc) is 2.41. The lowest BCUT2D eigenvalue weighted by atomic mass is 9.82. The van der Waals surface area contributed by atoms with Gasteiger partial charge in [0.15, 0.2) is 11.6 Å². The van der Waals surface area contributed by atoms with E-state index in [1.165, 1.54) is 18.6 Å². The molecule has 3 N–H and O–H groups in total. The number of phenols is 1. The first-order valence-corrected chi connectivity index (χ1v) is 6.48. The molecule has 0 spiro atoms. The first-order chi connectivity index (χ1) is 8.65. The van der Waals surface area contributed by atoms with Crippen LogP contribution in [-0.2, 0) is 6.54 Å². The fourth-order valence-corrected chi connectivity index (χ4v) is 2.57. The second kappa shape index (κ2) is 5.67. The summed E-state index contributed by atoms with van der Waals surface area (Å²) in [7, 11) is 0. The third-order valence-electron chi connectivity index (χ3n) is 3.79. The van der Waals surface area contributed by atoms with Crippen LogP contribution in [0.15, 0.2) is 18.2 Å². The van der Waals surface area contributed by atoms with E-state index in [4.69, 9.17) is 5.11 Å². The average molecular weight is 253 g/mol. The van der Waals surface area contributed by atoms with E-state index in [0.717, 1.165) is 31.2 Å². The molecule has 1 aromatic rings. The molecule has 0 aromatic heterocycles. The van der Waals surface area contributed by atoms with Crippen molar-refractivity contribution in [1.82, 2.24) is 5.32 Å². The Labute approximate surface area is 107 Å². The molecule has 4 heteroatoms. The van der Waals surface area contributed by atoms with Crippen LogP contribution >= 0.6 is 0 Å². The van der Waals surface area contributed by atoms with Gasteiger partial charge < -0.3 is 15.5 Å². The normalized spacial score (nSPS) is 18.8. The summed E-state index contributed by atoms with van der Waals surface area (Å²) in [6, 6.07) is 4.38. The molecule has 0 saturated heterocycles. The van der Waals surface area contributed by atoms with Crippen molar-refractivity contribution >= 4 is 0 Å². The lowest BCUT2D eigenvalue weighted by molar-refractivity contribution is 0.119. The molecule has 1 aliphatic rings. The van der Waals surface area contributed by atoms with E-state index >= 15 is 0 Å². The van der Waals surface area contributed by atoms with Gasteiger partial charge in [-0.25, -0.2) is 4.39 Å². The Morgan fingerprint density at radius 1 is 1.22 bits per heavy atom. The van der Waals surface area contributed by atoms with Crippen molar-refractivity contribution in [3.05, 3.63) is 29.6 Å². The third kappa shape index (κ3) is 3.00. The summed E-state index contributed by atoms with van der Waals surface area (Å²) in [6.45, 7) is 0.630. The number of rotatable bonds is 4. The van der Waals surface area contributed by atoms with E-state index < -0.39 is 5.82 Å². The predicted molar refractivity (Wildman–Crippen MR) is 67.8 cm³/mol. The summed E-state index contributed by atoms with van der Waals surface area (Å²) in [6.07, 6.45) is 5.39. The SMILES string of the molecule is OCC1(NCc2ccc(O)c(F)c2)CCCCC1. The van der Waals surface area contributed by atoms with Crippen LogP contribution in [0.2, 0.25) is 0 Å². The molecule has 0 atom stereocenters. The minimum Gasteiger partial charge on any atom is -0.505 e. The summed E-state index contributed by atoms with van der Waals surface area (Å²) in [5.74, 6) is -0.927. The number of aromatic hydroxyl groups is 1. The highest BCUT2D eigenvalue weighted by molar-refractivity contribution is 5.28. The standard InChI is InChI=1S/C14H20FNO2/c15-12-8-11(4-5-13(12)18)9-16-14(10-17)6-2-1-3-7-14/h4-5,8,16-18H,1-3,6-7,9-10H2. The number of phenolic OH excluding ortho intramolecular Hbond substituents is 1. The highest BCUT2D eigenvalue weighted by Crippen LogP contribution is 2.28. The molecule has 0 heterocycles. The van der Waals surface area contributed by atoms with Gasteiger partial charge in [-0.15, -0.1) is 0 Å². The Kier molecular flexibility index (Phi) is 4.19. The maximum absolute atomic E-state index is 13.2. The summed E-state index contributed by atoms with van der Waals surface area (Å²) >= 11 is 0. The van der Waals surface area contributed by atoms with Gasteiger partial charge in [0, 0.05) is 12.1 Å².